The van der Waals surface area contributed by atoms with Gasteiger partial charge in [0.05, 0.1) is 9.47 Å². The second-order valence-corrected chi connectivity index (χ2v) is 7.19. The lowest BCUT2D eigenvalue weighted by Crippen LogP contribution is -1.98. The zero-order chi connectivity index (χ0) is 13.1. The minimum Gasteiger partial charge on any atom is -0.188 e. The van der Waals surface area contributed by atoms with Gasteiger partial charge in [0, 0.05) is 10.6 Å². The molecular formula is C12H9BrN4S2. The molecule has 0 unspecified atom stereocenters. The van der Waals surface area contributed by atoms with Crippen LogP contribution in [0, 0.1) is 0 Å². The van der Waals surface area contributed by atoms with E-state index in [1.807, 2.05) is 30.3 Å². The van der Waals surface area contributed by atoms with Gasteiger partial charge in [-0.25, -0.2) is 0 Å². The van der Waals surface area contributed by atoms with E-state index in [2.05, 4.69) is 43.6 Å². The van der Waals surface area contributed by atoms with Crippen LogP contribution in [0.4, 0.5) is 0 Å². The topological polar surface area (TPSA) is 43.6 Å². The monoisotopic (exact) mass is 352 g/mol. The summed E-state index contributed by atoms with van der Waals surface area (Å²) in [4.78, 5) is 1.29. The number of nitrogens with zero attached hydrogens (tertiary/aromatic N) is 4. The number of hydrogen-bond donors (Lipinski definition) is 0. The van der Waals surface area contributed by atoms with Crippen molar-refractivity contribution < 1.29 is 0 Å². The molecule has 19 heavy (non-hydrogen) atoms. The second kappa shape index (κ2) is 5.85. The average molecular weight is 353 g/mol. The van der Waals surface area contributed by atoms with Crippen molar-refractivity contribution in [2.24, 2.45) is 0 Å². The maximum atomic E-state index is 4.07. The highest BCUT2D eigenvalue weighted by Crippen LogP contribution is 2.28. The summed E-state index contributed by atoms with van der Waals surface area (Å²) in [5.41, 5.74) is 0.974. The van der Waals surface area contributed by atoms with Gasteiger partial charge < -0.3 is 0 Å². The van der Waals surface area contributed by atoms with E-state index in [4.69, 9.17) is 0 Å². The number of thiophene rings is 1. The van der Waals surface area contributed by atoms with Crippen LogP contribution in [0.15, 0.2) is 51.4 Å². The molecule has 2 aromatic heterocycles. The van der Waals surface area contributed by atoms with Crippen molar-refractivity contribution in [3.05, 3.63) is 51.1 Å². The standard InChI is InChI=1S/C12H9BrN4S2/c13-11-7-6-10(19-11)8-18-12-14-15-16-17(12)9-4-2-1-3-5-9/h1-7H,8H2. The molecule has 0 aliphatic heterocycles. The van der Waals surface area contributed by atoms with E-state index in [1.54, 1.807) is 27.8 Å². The van der Waals surface area contributed by atoms with Crippen molar-refractivity contribution in [1.29, 1.82) is 0 Å². The second-order valence-electron chi connectivity index (χ2n) is 3.70. The highest BCUT2D eigenvalue weighted by atomic mass is 79.9. The van der Waals surface area contributed by atoms with E-state index in [0.29, 0.717) is 0 Å². The molecule has 0 saturated heterocycles. The van der Waals surface area contributed by atoms with Gasteiger partial charge in [0.15, 0.2) is 0 Å². The fraction of sp³-hybridized carbons (Fsp3) is 0.0833. The van der Waals surface area contributed by atoms with Crippen LogP contribution in [-0.4, -0.2) is 20.2 Å². The Morgan fingerprint density at radius 2 is 2.00 bits per heavy atom. The van der Waals surface area contributed by atoms with E-state index in [-0.39, 0.29) is 0 Å². The fourth-order valence-corrected chi connectivity index (χ4v) is 3.98. The molecule has 0 amide bonds. The molecule has 0 bridgehead atoms. The van der Waals surface area contributed by atoms with Gasteiger partial charge in [0.25, 0.3) is 0 Å². The van der Waals surface area contributed by atoms with Crippen LogP contribution in [0.1, 0.15) is 4.88 Å². The predicted molar refractivity (Wildman–Crippen MR) is 80.7 cm³/mol. The lowest BCUT2D eigenvalue weighted by Gasteiger charge is -2.02. The minimum absolute atomic E-state index is 0.802. The summed E-state index contributed by atoms with van der Waals surface area (Å²) in [5, 5.41) is 12.7. The van der Waals surface area contributed by atoms with Crippen molar-refractivity contribution in [2.75, 3.05) is 0 Å². The van der Waals surface area contributed by atoms with Crippen LogP contribution in [-0.2, 0) is 5.75 Å². The molecule has 2 heterocycles. The van der Waals surface area contributed by atoms with Gasteiger partial charge in [0.1, 0.15) is 0 Å². The Bertz CT molecular complexity index is 665. The van der Waals surface area contributed by atoms with E-state index >= 15 is 0 Å². The number of tetrazole rings is 1. The molecule has 0 radical (unpaired) electrons. The number of rotatable bonds is 4. The van der Waals surface area contributed by atoms with Crippen LogP contribution >= 0.6 is 39.0 Å². The predicted octanol–water partition coefficient (Wildman–Crippen LogP) is 3.78. The molecule has 0 atom stereocenters. The van der Waals surface area contributed by atoms with Crippen LogP contribution in [0.25, 0.3) is 5.69 Å². The number of aromatic nitrogens is 4. The number of benzene rings is 1. The third-order valence-corrected chi connectivity index (χ3v) is 5.19. The third-order valence-electron chi connectivity index (χ3n) is 2.41. The van der Waals surface area contributed by atoms with E-state index in [1.165, 1.54) is 4.88 Å². The summed E-state index contributed by atoms with van der Waals surface area (Å²) in [6.07, 6.45) is 0. The molecule has 0 spiro atoms. The summed E-state index contributed by atoms with van der Waals surface area (Å²) in [6, 6.07) is 14.1. The number of para-hydroxylation sites is 1. The van der Waals surface area contributed by atoms with Crippen molar-refractivity contribution in [3.8, 4) is 5.69 Å². The fourth-order valence-electron chi connectivity index (χ4n) is 1.57. The summed E-state index contributed by atoms with van der Waals surface area (Å²) >= 11 is 6.83. The number of thioether (sulfide) groups is 1. The smallest absolute Gasteiger partial charge is 0.188 e. The quantitative estimate of drug-likeness (QED) is 0.670. The zero-order valence-electron chi connectivity index (χ0n) is 9.73. The molecule has 7 heteroatoms. The van der Waals surface area contributed by atoms with Crippen molar-refractivity contribution in [3.63, 3.8) is 0 Å². The number of halogens is 1. The highest BCUT2D eigenvalue weighted by molar-refractivity contribution is 9.11. The molecule has 3 rings (SSSR count). The van der Waals surface area contributed by atoms with Crippen LogP contribution < -0.4 is 0 Å². The van der Waals surface area contributed by atoms with Gasteiger partial charge >= 0.3 is 0 Å². The Hall–Kier alpha value is -1.18. The first-order chi connectivity index (χ1) is 9.33. The van der Waals surface area contributed by atoms with Crippen LogP contribution in [0.2, 0.25) is 0 Å². The molecule has 3 aromatic rings. The zero-order valence-corrected chi connectivity index (χ0v) is 13.0. The molecule has 0 N–H and O–H groups in total. The maximum Gasteiger partial charge on any atom is 0.214 e. The largest absolute Gasteiger partial charge is 0.214 e. The van der Waals surface area contributed by atoms with Crippen molar-refractivity contribution in [2.45, 2.75) is 10.9 Å². The minimum atomic E-state index is 0.802. The Balaban J connectivity index is 1.77. The Labute approximate surface area is 127 Å². The molecule has 1 aromatic carbocycles. The van der Waals surface area contributed by atoms with Crippen LogP contribution in [0.5, 0.6) is 0 Å². The van der Waals surface area contributed by atoms with Crippen LogP contribution in [0.3, 0.4) is 0 Å². The van der Waals surface area contributed by atoms with E-state index in [9.17, 15) is 0 Å². The van der Waals surface area contributed by atoms with Crippen molar-refractivity contribution in [1.82, 2.24) is 20.2 Å². The maximum absolute atomic E-state index is 4.07. The van der Waals surface area contributed by atoms with Gasteiger partial charge in [-0.2, -0.15) is 4.68 Å². The summed E-state index contributed by atoms with van der Waals surface area (Å²) < 4.78 is 2.90. The lowest BCUT2D eigenvalue weighted by molar-refractivity contribution is 0.756. The van der Waals surface area contributed by atoms with Crippen molar-refractivity contribution >= 4 is 39.0 Å². The van der Waals surface area contributed by atoms with E-state index < -0.39 is 0 Å². The average Bonchev–Trinajstić information content (AvgIpc) is 3.06. The SMILES string of the molecule is Brc1ccc(CSc2nnnn2-c2ccccc2)s1. The first-order valence-corrected chi connectivity index (χ1v) is 8.13. The Morgan fingerprint density at radius 3 is 2.74 bits per heavy atom. The molecule has 0 saturated carbocycles. The molecular weight excluding hydrogens is 344 g/mol. The summed E-state index contributed by atoms with van der Waals surface area (Å²) in [5.74, 6) is 0.865. The Kier molecular flexibility index (Phi) is 3.95. The molecule has 4 nitrogen and oxygen atoms in total. The lowest BCUT2D eigenvalue weighted by atomic mass is 10.3. The summed E-state index contributed by atoms with van der Waals surface area (Å²) in [6.45, 7) is 0. The van der Waals surface area contributed by atoms with Gasteiger partial charge in [-0.05, 0) is 50.6 Å². The third kappa shape index (κ3) is 3.05. The van der Waals surface area contributed by atoms with Gasteiger partial charge in [-0.1, -0.05) is 30.0 Å². The van der Waals surface area contributed by atoms with E-state index in [0.717, 1.165) is 20.4 Å². The van der Waals surface area contributed by atoms with Gasteiger partial charge in [0.2, 0.25) is 5.16 Å². The van der Waals surface area contributed by atoms with Gasteiger partial charge in [-0.15, -0.1) is 16.4 Å². The van der Waals surface area contributed by atoms with Gasteiger partial charge in [-0.3, -0.25) is 0 Å². The molecule has 0 aliphatic rings. The number of hydrogen-bond acceptors (Lipinski definition) is 5. The molecule has 96 valence electrons. The summed E-state index contributed by atoms with van der Waals surface area (Å²) in [7, 11) is 0. The molecule has 0 fully saturated rings. The Morgan fingerprint density at radius 1 is 1.16 bits per heavy atom. The first kappa shape index (κ1) is 12.8. The first-order valence-electron chi connectivity index (χ1n) is 5.54. The highest BCUT2D eigenvalue weighted by Gasteiger charge is 2.09. The molecule has 0 aliphatic carbocycles. The normalized spacial score (nSPS) is 10.8.